The quantitative estimate of drug-likeness (QED) is 0.943. The Morgan fingerprint density at radius 2 is 2.24 bits per heavy atom. The second-order valence-corrected chi connectivity index (χ2v) is 5.53. The highest BCUT2D eigenvalue weighted by Crippen LogP contribution is 2.40. The van der Waals surface area contributed by atoms with Crippen LogP contribution >= 0.6 is 0 Å². The van der Waals surface area contributed by atoms with Crippen LogP contribution < -0.4 is 4.74 Å². The molecule has 5 nitrogen and oxygen atoms in total. The number of nitrogens with one attached hydrogen (secondary N) is 1. The first kappa shape index (κ1) is 13.7. The molecule has 5 heteroatoms. The fourth-order valence-electron chi connectivity index (χ4n) is 2.64. The van der Waals surface area contributed by atoms with E-state index in [1.165, 1.54) is 0 Å². The molecule has 1 aromatic carbocycles. The summed E-state index contributed by atoms with van der Waals surface area (Å²) in [6.07, 6.45) is 3.53. The molecule has 0 aliphatic carbocycles. The van der Waals surface area contributed by atoms with E-state index in [1.807, 2.05) is 25.1 Å². The number of aromatic amines is 1. The number of ether oxygens (including phenoxy) is 1. The molecule has 1 amide bonds. The Kier molecular flexibility index (Phi) is 3.41. The molecule has 0 bridgehead atoms. The molecule has 1 N–H and O–H groups in total. The van der Waals surface area contributed by atoms with E-state index in [1.54, 1.807) is 24.3 Å². The van der Waals surface area contributed by atoms with Gasteiger partial charge >= 0.3 is 0 Å². The molecule has 0 saturated heterocycles. The molecule has 0 radical (unpaired) electrons. The van der Waals surface area contributed by atoms with Crippen molar-refractivity contribution in [1.29, 1.82) is 0 Å². The summed E-state index contributed by atoms with van der Waals surface area (Å²) in [5.74, 6) is 1.75. The molecule has 1 aliphatic heterocycles. The van der Waals surface area contributed by atoms with Crippen molar-refractivity contribution in [3.05, 3.63) is 47.5 Å². The van der Waals surface area contributed by atoms with Crippen molar-refractivity contribution >= 4 is 5.91 Å². The topological polar surface area (TPSA) is 58.2 Å². The third-order valence-corrected chi connectivity index (χ3v) is 4.06. The first-order valence-corrected chi connectivity index (χ1v) is 7.11. The van der Waals surface area contributed by atoms with Gasteiger partial charge in [-0.15, -0.1) is 0 Å². The summed E-state index contributed by atoms with van der Waals surface area (Å²) in [6, 6.07) is 5.78. The normalized spacial score (nSPS) is 20.0. The minimum absolute atomic E-state index is 0.0513. The van der Waals surface area contributed by atoms with E-state index in [0.717, 1.165) is 17.1 Å². The second kappa shape index (κ2) is 5.24. The van der Waals surface area contributed by atoms with Crippen molar-refractivity contribution in [2.75, 3.05) is 7.05 Å². The first-order chi connectivity index (χ1) is 10.1. The lowest BCUT2D eigenvalue weighted by molar-refractivity contribution is 0.0776. The van der Waals surface area contributed by atoms with E-state index >= 15 is 0 Å². The zero-order valence-corrected chi connectivity index (χ0v) is 12.5. The minimum Gasteiger partial charge on any atom is -0.489 e. The van der Waals surface area contributed by atoms with Crippen LogP contribution in [0.15, 0.2) is 30.6 Å². The van der Waals surface area contributed by atoms with Gasteiger partial charge in [0.25, 0.3) is 5.91 Å². The Morgan fingerprint density at radius 1 is 1.43 bits per heavy atom. The molecular weight excluding hydrogens is 266 g/mol. The molecule has 3 rings (SSSR count). The van der Waals surface area contributed by atoms with E-state index in [9.17, 15) is 4.79 Å². The molecular formula is C16H19N3O2. The van der Waals surface area contributed by atoms with Crippen LogP contribution in [-0.4, -0.2) is 33.9 Å². The van der Waals surface area contributed by atoms with Gasteiger partial charge in [0.15, 0.2) is 0 Å². The van der Waals surface area contributed by atoms with Crippen molar-refractivity contribution in [2.45, 2.75) is 32.4 Å². The number of carbonyl (C=O) groups is 1. The number of fused-ring (bicyclic) bond motifs is 1. The summed E-state index contributed by atoms with van der Waals surface area (Å²) in [4.78, 5) is 21.4. The molecule has 1 aliphatic rings. The van der Waals surface area contributed by atoms with Gasteiger partial charge in [0, 0.05) is 30.9 Å². The number of benzene rings is 1. The largest absolute Gasteiger partial charge is 0.489 e. The SMILES string of the molecule is CC1Oc2c(C(=O)N(C)Cc3ncc[nH]3)cccc2C1C. The average Bonchev–Trinajstić information content (AvgIpc) is 3.07. The molecule has 2 atom stereocenters. The molecule has 110 valence electrons. The monoisotopic (exact) mass is 285 g/mol. The lowest BCUT2D eigenvalue weighted by Crippen LogP contribution is -2.27. The summed E-state index contributed by atoms with van der Waals surface area (Å²) in [5.41, 5.74) is 1.73. The Hall–Kier alpha value is -2.30. The standard InChI is InChI=1S/C16H19N3O2/c1-10-11(2)21-15-12(10)5-4-6-13(15)16(20)19(3)9-14-17-7-8-18-14/h4-8,10-11H,9H2,1-3H3,(H,17,18). The van der Waals surface area contributed by atoms with Crippen LogP contribution in [0.3, 0.4) is 0 Å². The Bertz CT molecular complexity index is 652. The lowest BCUT2D eigenvalue weighted by Gasteiger charge is -2.17. The molecule has 2 heterocycles. The third-order valence-electron chi connectivity index (χ3n) is 4.06. The van der Waals surface area contributed by atoms with Gasteiger partial charge in [-0.3, -0.25) is 4.79 Å². The van der Waals surface area contributed by atoms with Crippen LogP contribution in [0.25, 0.3) is 0 Å². The van der Waals surface area contributed by atoms with E-state index < -0.39 is 0 Å². The third kappa shape index (κ3) is 2.39. The highest BCUT2D eigenvalue weighted by Gasteiger charge is 2.31. The van der Waals surface area contributed by atoms with Crippen molar-refractivity contribution in [1.82, 2.24) is 14.9 Å². The number of rotatable bonds is 3. The van der Waals surface area contributed by atoms with Gasteiger partial charge in [-0.2, -0.15) is 0 Å². The molecule has 0 spiro atoms. The molecule has 21 heavy (non-hydrogen) atoms. The maximum atomic E-state index is 12.6. The fourth-order valence-corrected chi connectivity index (χ4v) is 2.64. The maximum Gasteiger partial charge on any atom is 0.257 e. The van der Waals surface area contributed by atoms with Gasteiger partial charge in [-0.1, -0.05) is 19.1 Å². The van der Waals surface area contributed by atoms with Crippen LogP contribution in [-0.2, 0) is 6.54 Å². The number of imidazole rings is 1. The molecule has 1 aromatic heterocycles. The second-order valence-electron chi connectivity index (χ2n) is 5.53. The van der Waals surface area contributed by atoms with Crippen LogP contribution in [0.2, 0.25) is 0 Å². The number of carbonyl (C=O) groups excluding carboxylic acids is 1. The first-order valence-electron chi connectivity index (χ1n) is 7.11. The van der Waals surface area contributed by atoms with E-state index in [4.69, 9.17) is 4.74 Å². The van der Waals surface area contributed by atoms with E-state index in [-0.39, 0.29) is 12.0 Å². The predicted octanol–water partition coefficient (Wildman–Crippen LogP) is 2.57. The summed E-state index contributed by atoms with van der Waals surface area (Å²) in [6.45, 7) is 4.60. The van der Waals surface area contributed by atoms with E-state index in [0.29, 0.717) is 18.0 Å². The van der Waals surface area contributed by atoms with Crippen molar-refractivity contribution in [3.8, 4) is 5.75 Å². The van der Waals surface area contributed by atoms with Crippen LogP contribution in [0.1, 0.15) is 41.5 Å². The summed E-state index contributed by atoms with van der Waals surface area (Å²) in [5, 5.41) is 0. The molecule has 0 fully saturated rings. The number of para-hydroxylation sites is 1. The highest BCUT2D eigenvalue weighted by molar-refractivity contribution is 5.97. The van der Waals surface area contributed by atoms with Gasteiger partial charge in [0.05, 0.1) is 12.1 Å². The molecule has 0 saturated carbocycles. The number of H-pyrrole nitrogens is 1. The summed E-state index contributed by atoms with van der Waals surface area (Å²) < 4.78 is 5.89. The summed E-state index contributed by atoms with van der Waals surface area (Å²) >= 11 is 0. The Labute approximate surface area is 124 Å². The van der Waals surface area contributed by atoms with Crippen LogP contribution in [0.4, 0.5) is 0 Å². The van der Waals surface area contributed by atoms with Crippen LogP contribution in [0.5, 0.6) is 5.75 Å². The molecule has 2 unspecified atom stereocenters. The smallest absolute Gasteiger partial charge is 0.257 e. The number of aromatic nitrogens is 2. The van der Waals surface area contributed by atoms with Crippen molar-refractivity contribution < 1.29 is 9.53 Å². The summed E-state index contributed by atoms with van der Waals surface area (Å²) in [7, 11) is 1.77. The molecule has 2 aromatic rings. The van der Waals surface area contributed by atoms with Gasteiger partial charge in [-0.25, -0.2) is 4.98 Å². The zero-order valence-electron chi connectivity index (χ0n) is 12.5. The Morgan fingerprint density at radius 3 is 2.95 bits per heavy atom. The fraction of sp³-hybridized carbons (Fsp3) is 0.375. The average molecular weight is 285 g/mol. The number of hydrogen-bond donors (Lipinski definition) is 1. The van der Waals surface area contributed by atoms with E-state index in [2.05, 4.69) is 16.9 Å². The number of nitrogens with zero attached hydrogens (tertiary/aromatic N) is 2. The van der Waals surface area contributed by atoms with Gasteiger partial charge < -0.3 is 14.6 Å². The number of amides is 1. The highest BCUT2D eigenvalue weighted by atomic mass is 16.5. The van der Waals surface area contributed by atoms with Gasteiger partial charge in [0.2, 0.25) is 0 Å². The van der Waals surface area contributed by atoms with Crippen molar-refractivity contribution in [2.24, 2.45) is 0 Å². The Balaban J connectivity index is 1.86. The minimum atomic E-state index is -0.0513. The maximum absolute atomic E-state index is 12.6. The van der Waals surface area contributed by atoms with Crippen LogP contribution in [0, 0.1) is 0 Å². The predicted molar refractivity (Wildman–Crippen MR) is 79.3 cm³/mol. The number of hydrogen-bond acceptors (Lipinski definition) is 3. The van der Waals surface area contributed by atoms with Gasteiger partial charge in [-0.05, 0) is 13.0 Å². The van der Waals surface area contributed by atoms with Crippen molar-refractivity contribution in [3.63, 3.8) is 0 Å². The lowest BCUT2D eigenvalue weighted by atomic mass is 9.96. The van der Waals surface area contributed by atoms with Gasteiger partial charge in [0.1, 0.15) is 17.7 Å². The zero-order chi connectivity index (χ0) is 15.0.